The molecule has 0 aliphatic heterocycles. The first-order chi connectivity index (χ1) is 6.53. The molecule has 0 radical (unpaired) electrons. The van der Waals surface area contributed by atoms with Crippen molar-refractivity contribution in [2.24, 2.45) is 0 Å². The van der Waals surface area contributed by atoms with Crippen molar-refractivity contribution in [3.63, 3.8) is 0 Å². The van der Waals surface area contributed by atoms with Crippen LogP contribution in [-0.4, -0.2) is 34.5 Å². The van der Waals surface area contributed by atoms with E-state index in [-0.39, 0.29) is 17.6 Å². The highest BCUT2D eigenvalue weighted by atomic mass is 35.5. The van der Waals surface area contributed by atoms with Crippen LogP contribution in [0, 0.1) is 0 Å². The van der Waals surface area contributed by atoms with E-state index in [0.717, 1.165) is 16.4 Å². The summed E-state index contributed by atoms with van der Waals surface area (Å²) in [5, 5.41) is 0.239. The van der Waals surface area contributed by atoms with Gasteiger partial charge in [-0.05, 0) is 0 Å². The number of hydrogen-bond acceptors (Lipinski definition) is 4. The molecule has 0 aromatic carbocycles. The van der Waals surface area contributed by atoms with Crippen LogP contribution in [-0.2, 0) is 0 Å². The minimum atomic E-state index is -4.25. The molecule has 0 unspecified atom stereocenters. The summed E-state index contributed by atoms with van der Waals surface area (Å²) < 4.78 is 39.9. The Bertz CT molecular complexity index is 264. The minimum absolute atomic E-state index is 0.107. The Hall–Kier alpha value is -0.560. The first-order valence-corrected chi connectivity index (χ1v) is 4.98. The summed E-state index contributed by atoms with van der Waals surface area (Å²) in [6.45, 7) is -0.939. The molecule has 3 nitrogen and oxygen atoms in total. The minimum Gasteiger partial charge on any atom is -0.337 e. The van der Waals surface area contributed by atoms with Gasteiger partial charge in [-0.3, -0.25) is 0 Å². The molecule has 1 heterocycles. The van der Waals surface area contributed by atoms with Crippen molar-refractivity contribution in [3.05, 3.63) is 6.33 Å². The quantitative estimate of drug-likeness (QED) is 0.761. The third-order valence-electron chi connectivity index (χ3n) is 1.34. The molecule has 0 saturated heterocycles. The summed E-state index contributed by atoms with van der Waals surface area (Å²) >= 11 is 6.31. The molecule has 0 spiro atoms. The average Bonchev–Trinajstić information content (AvgIpc) is 2.52. The fourth-order valence-electron chi connectivity index (χ4n) is 0.867. The van der Waals surface area contributed by atoms with Crippen LogP contribution in [0.5, 0.6) is 0 Å². The second-order valence-corrected chi connectivity index (χ2v) is 3.59. The lowest BCUT2D eigenvalue weighted by atomic mass is 10.5. The predicted octanol–water partition coefficient (Wildman–Crippen LogP) is 2.15. The van der Waals surface area contributed by atoms with Gasteiger partial charge in [0.25, 0.3) is 0 Å². The normalized spacial score (nSPS) is 11.7. The number of rotatable bonds is 4. The zero-order chi connectivity index (χ0) is 10.6. The fourth-order valence-corrected chi connectivity index (χ4v) is 1.63. The highest BCUT2D eigenvalue weighted by molar-refractivity contribution is 7.09. The van der Waals surface area contributed by atoms with Gasteiger partial charge in [-0.1, -0.05) is 0 Å². The van der Waals surface area contributed by atoms with Gasteiger partial charge in [0.15, 0.2) is 0 Å². The van der Waals surface area contributed by atoms with Gasteiger partial charge in [0.2, 0.25) is 5.13 Å². The van der Waals surface area contributed by atoms with Gasteiger partial charge in [0.05, 0.1) is 0 Å². The summed E-state index contributed by atoms with van der Waals surface area (Å²) in [7, 11) is 0. The first-order valence-electron chi connectivity index (χ1n) is 3.67. The van der Waals surface area contributed by atoms with Crippen LogP contribution in [0.15, 0.2) is 6.33 Å². The third kappa shape index (κ3) is 3.67. The molecular weight excluding hydrogens is 239 g/mol. The average molecular weight is 246 g/mol. The van der Waals surface area contributed by atoms with Crippen LogP contribution in [0.25, 0.3) is 0 Å². The van der Waals surface area contributed by atoms with Gasteiger partial charge in [0.1, 0.15) is 12.9 Å². The summed E-state index contributed by atoms with van der Waals surface area (Å²) in [5.41, 5.74) is 0. The highest BCUT2D eigenvalue weighted by Gasteiger charge is 2.31. The highest BCUT2D eigenvalue weighted by Crippen LogP contribution is 2.22. The Balaban J connectivity index is 2.65. The van der Waals surface area contributed by atoms with Crippen molar-refractivity contribution >= 4 is 28.3 Å². The lowest BCUT2D eigenvalue weighted by molar-refractivity contribution is -0.119. The van der Waals surface area contributed by atoms with Crippen molar-refractivity contribution in [1.29, 1.82) is 0 Å². The molecule has 0 bridgehead atoms. The predicted molar refractivity (Wildman–Crippen MR) is 48.9 cm³/mol. The molecule has 14 heavy (non-hydrogen) atoms. The number of aromatic nitrogens is 2. The number of alkyl halides is 4. The van der Waals surface area contributed by atoms with Gasteiger partial charge >= 0.3 is 6.18 Å². The lowest BCUT2D eigenvalue weighted by Crippen LogP contribution is -2.35. The van der Waals surface area contributed by atoms with Crippen molar-refractivity contribution in [1.82, 2.24) is 9.36 Å². The summed E-state index contributed by atoms with van der Waals surface area (Å²) in [6.07, 6.45) is -3.03. The molecule has 0 aliphatic rings. The lowest BCUT2D eigenvalue weighted by Gasteiger charge is -2.21. The van der Waals surface area contributed by atoms with Gasteiger partial charge in [-0.15, -0.1) is 11.6 Å². The Morgan fingerprint density at radius 3 is 2.64 bits per heavy atom. The molecule has 0 aliphatic carbocycles. The maximum Gasteiger partial charge on any atom is 0.406 e. The van der Waals surface area contributed by atoms with E-state index in [1.54, 1.807) is 0 Å². The van der Waals surface area contributed by atoms with Crippen molar-refractivity contribution in [2.75, 3.05) is 23.9 Å². The molecule has 8 heteroatoms. The molecule has 0 atom stereocenters. The number of halogens is 4. The molecule has 80 valence electrons. The van der Waals surface area contributed by atoms with Crippen LogP contribution in [0.1, 0.15) is 0 Å². The topological polar surface area (TPSA) is 29.0 Å². The smallest absolute Gasteiger partial charge is 0.337 e. The van der Waals surface area contributed by atoms with E-state index in [2.05, 4.69) is 9.36 Å². The van der Waals surface area contributed by atoms with Crippen LogP contribution in [0.3, 0.4) is 0 Å². The largest absolute Gasteiger partial charge is 0.406 e. The maximum atomic E-state index is 12.1. The molecule has 1 aromatic heterocycles. The number of hydrogen-bond donors (Lipinski definition) is 0. The SMILES string of the molecule is FC(F)(F)CN(CCCl)c1ncns1. The van der Waals surface area contributed by atoms with Crippen molar-refractivity contribution < 1.29 is 13.2 Å². The molecule has 0 saturated carbocycles. The van der Waals surface area contributed by atoms with Crippen LogP contribution in [0.2, 0.25) is 0 Å². The van der Waals surface area contributed by atoms with Gasteiger partial charge in [-0.2, -0.15) is 17.5 Å². The summed E-state index contributed by atoms with van der Waals surface area (Å²) in [6, 6.07) is 0. The fraction of sp³-hybridized carbons (Fsp3) is 0.667. The monoisotopic (exact) mass is 245 g/mol. The van der Waals surface area contributed by atoms with E-state index < -0.39 is 12.7 Å². The molecule has 0 amide bonds. The maximum absolute atomic E-state index is 12.1. The van der Waals surface area contributed by atoms with Gasteiger partial charge < -0.3 is 4.90 Å². The third-order valence-corrected chi connectivity index (χ3v) is 2.24. The number of nitrogens with zero attached hydrogens (tertiary/aromatic N) is 3. The van der Waals surface area contributed by atoms with Crippen LogP contribution >= 0.6 is 23.1 Å². The second kappa shape index (κ2) is 4.79. The van der Waals surface area contributed by atoms with E-state index in [1.165, 1.54) is 6.33 Å². The molecule has 0 fully saturated rings. The Morgan fingerprint density at radius 1 is 1.50 bits per heavy atom. The van der Waals surface area contributed by atoms with E-state index >= 15 is 0 Å². The molecule has 1 aromatic rings. The van der Waals surface area contributed by atoms with Crippen molar-refractivity contribution in [2.45, 2.75) is 6.18 Å². The van der Waals surface area contributed by atoms with Gasteiger partial charge in [-0.25, -0.2) is 4.98 Å². The standard InChI is InChI=1S/C6H7ClF3N3S/c7-1-2-13(3-6(8,9)10)5-11-4-12-14-5/h4H,1-3H2. The first kappa shape index (κ1) is 11.5. The van der Waals surface area contributed by atoms with Crippen LogP contribution in [0.4, 0.5) is 18.3 Å². The zero-order valence-electron chi connectivity index (χ0n) is 6.96. The summed E-state index contributed by atoms with van der Waals surface area (Å²) in [4.78, 5) is 4.75. The molecule has 0 N–H and O–H groups in total. The Morgan fingerprint density at radius 2 is 2.21 bits per heavy atom. The second-order valence-electron chi connectivity index (χ2n) is 2.45. The van der Waals surface area contributed by atoms with Gasteiger partial charge in [0, 0.05) is 24.0 Å². The summed E-state index contributed by atoms with van der Waals surface area (Å²) in [5.74, 6) is 0.121. The van der Waals surface area contributed by atoms with E-state index in [0.29, 0.717) is 0 Å². The molecular formula is C6H7ClF3N3S. The Labute approximate surface area is 87.7 Å². The Kier molecular flexibility index (Phi) is 3.94. The molecule has 1 rings (SSSR count). The van der Waals surface area contributed by atoms with E-state index in [9.17, 15) is 13.2 Å². The zero-order valence-corrected chi connectivity index (χ0v) is 8.53. The van der Waals surface area contributed by atoms with Crippen LogP contribution < -0.4 is 4.90 Å². The van der Waals surface area contributed by atoms with Crippen molar-refractivity contribution in [3.8, 4) is 0 Å². The van der Waals surface area contributed by atoms with E-state index in [1.807, 2.05) is 0 Å². The van der Waals surface area contributed by atoms with E-state index in [4.69, 9.17) is 11.6 Å². The number of anilines is 1.